The molecule has 37 heavy (non-hydrogen) atoms. The summed E-state index contributed by atoms with van der Waals surface area (Å²) >= 11 is 1.31. The number of rotatable bonds is 7. The van der Waals surface area contributed by atoms with Gasteiger partial charge in [-0.1, -0.05) is 84.1 Å². The number of thiazole rings is 1. The number of hydrogen-bond acceptors (Lipinski definition) is 6. The third-order valence-corrected chi connectivity index (χ3v) is 7.04. The van der Waals surface area contributed by atoms with Gasteiger partial charge in [-0.3, -0.25) is 9.36 Å². The highest BCUT2D eigenvalue weighted by molar-refractivity contribution is 7.07. The Labute approximate surface area is 218 Å². The van der Waals surface area contributed by atoms with Gasteiger partial charge in [-0.05, 0) is 48.7 Å². The van der Waals surface area contributed by atoms with Crippen LogP contribution in [0.5, 0.6) is 5.75 Å². The molecule has 5 rings (SSSR count). The van der Waals surface area contributed by atoms with E-state index in [0.29, 0.717) is 27.2 Å². The van der Waals surface area contributed by atoms with Crippen LogP contribution in [0.1, 0.15) is 36.6 Å². The van der Waals surface area contributed by atoms with Crippen LogP contribution in [-0.4, -0.2) is 17.1 Å². The summed E-state index contributed by atoms with van der Waals surface area (Å²) in [5.74, 6) is 0.291. The number of esters is 1. The number of ether oxygens (including phenoxy) is 2. The molecule has 1 atom stereocenters. The van der Waals surface area contributed by atoms with Crippen molar-refractivity contribution in [2.24, 2.45) is 4.99 Å². The van der Waals surface area contributed by atoms with Crippen molar-refractivity contribution in [2.45, 2.75) is 26.5 Å². The number of hydrogen-bond donors (Lipinski definition) is 0. The van der Waals surface area contributed by atoms with Crippen molar-refractivity contribution in [3.8, 4) is 5.75 Å². The second kappa shape index (κ2) is 10.8. The predicted octanol–water partition coefficient (Wildman–Crippen LogP) is 4.38. The Morgan fingerprint density at radius 3 is 2.35 bits per heavy atom. The van der Waals surface area contributed by atoms with E-state index in [2.05, 4.69) is 4.99 Å². The normalized spacial score (nSPS) is 15.2. The Balaban J connectivity index is 1.50. The number of carbonyl (C=O) groups is 1. The lowest BCUT2D eigenvalue weighted by molar-refractivity contribution is -0.139. The SMILES string of the molecule is CCOC(=O)C1=C(C)N=c2sc(=Cc3ccc(OCc4ccccc4)cc3)c(=O)n2C1c1ccccc1. The van der Waals surface area contributed by atoms with E-state index in [9.17, 15) is 9.59 Å². The fourth-order valence-corrected chi connectivity index (χ4v) is 5.34. The second-order valence-corrected chi connectivity index (χ2v) is 9.57. The Bertz CT molecular complexity index is 1620. The van der Waals surface area contributed by atoms with Gasteiger partial charge in [-0.15, -0.1) is 0 Å². The van der Waals surface area contributed by atoms with E-state index in [-0.39, 0.29) is 12.2 Å². The van der Waals surface area contributed by atoms with Gasteiger partial charge in [-0.25, -0.2) is 9.79 Å². The summed E-state index contributed by atoms with van der Waals surface area (Å²) in [5, 5.41) is 0. The predicted molar refractivity (Wildman–Crippen MR) is 144 cm³/mol. The minimum atomic E-state index is -0.604. The maximum absolute atomic E-state index is 13.6. The lowest BCUT2D eigenvalue weighted by atomic mass is 9.96. The maximum atomic E-state index is 13.6. The van der Waals surface area contributed by atoms with Gasteiger partial charge in [0.25, 0.3) is 5.56 Å². The summed E-state index contributed by atoms with van der Waals surface area (Å²) in [6, 6.07) is 26.5. The number of aromatic nitrogens is 1. The number of nitrogens with zero attached hydrogens (tertiary/aromatic N) is 2. The molecule has 0 saturated heterocycles. The van der Waals surface area contributed by atoms with Gasteiger partial charge in [0.1, 0.15) is 12.4 Å². The van der Waals surface area contributed by atoms with Crippen molar-refractivity contribution in [3.63, 3.8) is 0 Å². The molecule has 0 spiro atoms. The molecule has 1 aromatic heterocycles. The first kappa shape index (κ1) is 24.5. The van der Waals surface area contributed by atoms with Crippen molar-refractivity contribution < 1.29 is 14.3 Å². The Kier molecular flexibility index (Phi) is 7.14. The van der Waals surface area contributed by atoms with Crippen LogP contribution in [-0.2, 0) is 16.1 Å². The first-order valence-electron chi connectivity index (χ1n) is 12.1. The Hall–Kier alpha value is -4.23. The zero-order valence-electron chi connectivity index (χ0n) is 20.6. The van der Waals surface area contributed by atoms with Crippen LogP contribution in [0.15, 0.2) is 106 Å². The smallest absolute Gasteiger partial charge is 0.338 e. The Morgan fingerprint density at radius 2 is 1.68 bits per heavy atom. The molecule has 1 unspecified atom stereocenters. The van der Waals surface area contributed by atoms with E-state index in [1.807, 2.05) is 91.0 Å². The monoisotopic (exact) mass is 510 g/mol. The van der Waals surface area contributed by atoms with Gasteiger partial charge in [0.05, 0.1) is 28.5 Å². The van der Waals surface area contributed by atoms with E-state index < -0.39 is 12.0 Å². The van der Waals surface area contributed by atoms with Crippen LogP contribution in [0.25, 0.3) is 6.08 Å². The van der Waals surface area contributed by atoms with Crippen molar-refractivity contribution in [3.05, 3.63) is 133 Å². The summed E-state index contributed by atoms with van der Waals surface area (Å²) in [6.07, 6.45) is 1.84. The van der Waals surface area contributed by atoms with E-state index in [0.717, 1.165) is 22.4 Å². The molecule has 0 N–H and O–H groups in total. The molecule has 186 valence electrons. The maximum Gasteiger partial charge on any atom is 0.338 e. The fraction of sp³-hybridized carbons (Fsp3) is 0.167. The standard InChI is InChI=1S/C30H26N2O4S/c1-3-35-29(34)26-20(2)31-30-32(27(26)23-12-8-5-9-13-23)28(33)25(37-30)18-21-14-16-24(17-15-21)36-19-22-10-6-4-7-11-22/h4-18,27H,3,19H2,1-2H3. The van der Waals surface area contributed by atoms with Crippen LogP contribution >= 0.6 is 11.3 Å². The van der Waals surface area contributed by atoms with Crippen LogP contribution in [0.3, 0.4) is 0 Å². The first-order chi connectivity index (χ1) is 18.0. The van der Waals surface area contributed by atoms with E-state index >= 15 is 0 Å². The average molecular weight is 511 g/mol. The number of fused-ring (bicyclic) bond motifs is 1. The second-order valence-electron chi connectivity index (χ2n) is 8.56. The topological polar surface area (TPSA) is 69.9 Å². The van der Waals surface area contributed by atoms with Crippen molar-refractivity contribution >= 4 is 23.4 Å². The van der Waals surface area contributed by atoms with Crippen LogP contribution < -0.4 is 19.6 Å². The molecule has 3 aromatic carbocycles. The molecule has 0 amide bonds. The minimum Gasteiger partial charge on any atom is -0.489 e. The third kappa shape index (κ3) is 5.17. The number of benzene rings is 3. The zero-order chi connectivity index (χ0) is 25.8. The molecule has 0 aliphatic carbocycles. The highest BCUT2D eigenvalue weighted by Crippen LogP contribution is 2.30. The molecule has 0 saturated carbocycles. The van der Waals surface area contributed by atoms with Crippen molar-refractivity contribution in [1.82, 2.24) is 4.57 Å². The fourth-order valence-electron chi connectivity index (χ4n) is 4.29. The van der Waals surface area contributed by atoms with Crippen LogP contribution in [0.4, 0.5) is 0 Å². The summed E-state index contributed by atoms with van der Waals surface area (Å²) in [5.41, 5.74) is 3.53. The molecule has 1 aliphatic heterocycles. The number of allylic oxidation sites excluding steroid dienone is 1. The van der Waals surface area contributed by atoms with Crippen molar-refractivity contribution in [1.29, 1.82) is 0 Å². The van der Waals surface area contributed by atoms with E-state index in [1.165, 1.54) is 11.3 Å². The van der Waals surface area contributed by atoms with Gasteiger partial charge >= 0.3 is 5.97 Å². The molecule has 2 heterocycles. The summed E-state index contributed by atoms with van der Waals surface area (Å²) < 4.78 is 13.3. The molecular weight excluding hydrogens is 484 g/mol. The van der Waals surface area contributed by atoms with Gasteiger partial charge in [0, 0.05) is 0 Å². The van der Waals surface area contributed by atoms with Crippen LogP contribution in [0, 0.1) is 0 Å². The highest BCUT2D eigenvalue weighted by Gasteiger charge is 2.33. The Morgan fingerprint density at radius 1 is 1.00 bits per heavy atom. The zero-order valence-corrected chi connectivity index (χ0v) is 21.4. The molecule has 6 nitrogen and oxygen atoms in total. The van der Waals surface area contributed by atoms with Gasteiger partial charge in [-0.2, -0.15) is 0 Å². The summed E-state index contributed by atoms with van der Waals surface area (Å²) in [7, 11) is 0. The highest BCUT2D eigenvalue weighted by atomic mass is 32.1. The third-order valence-electron chi connectivity index (χ3n) is 6.06. The van der Waals surface area contributed by atoms with Gasteiger partial charge in [0.2, 0.25) is 0 Å². The quantitative estimate of drug-likeness (QED) is 0.346. The van der Waals surface area contributed by atoms with E-state index in [4.69, 9.17) is 9.47 Å². The first-order valence-corrected chi connectivity index (χ1v) is 12.9. The average Bonchev–Trinajstić information content (AvgIpc) is 3.22. The molecule has 4 aromatic rings. The van der Waals surface area contributed by atoms with E-state index in [1.54, 1.807) is 18.4 Å². The van der Waals surface area contributed by atoms with Crippen LogP contribution in [0.2, 0.25) is 0 Å². The lowest BCUT2D eigenvalue weighted by Gasteiger charge is -2.24. The number of carbonyl (C=O) groups excluding carboxylic acids is 1. The summed E-state index contributed by atoms with van der Waals surface area (Å²) in [4.78, 5) is 31.7. The molecule has 0 fully saturated rings. The summed E-state index contributed by atoms with van der Waals surface area (Å²) in [6.45, 7) is 4.28. The minimum absolute atomic E-state index is 0.198. The van der Waals surface area contributed by atoms with Gasteiger partial charge in [0.15, 0.2) is 4.80 Å². The molecule has 0 radical (unpaired) electrons. The largest absolute Gasteiger partial charge is 0.489 e. The van der Waals surface area contributed by atoms with Gasteiger partial charge < -0.3 is 9.47 Å². The van der Waals surface area contributed by atoms with Crippen molar-refractivity contribution in [2.75, 3.05) is 6.61 Å². The molecule has 7 heteroatoms. The molecular formula is C30H26N2O4S. The molecule has 1 aliphatic rings. The molecule has 0 bridgehead atoms. The lowest BCUT2D eigenvalue weighted by Crippen LogP contribution is -2.39.